The zero-order chi connectivity index (χ0) is 16.9. The molecule has 24 heavy (non-hydrogen) atoms. The number of nitrogens with one attached hydrogen (secondary N) is 1. The van der Waals surface area contributed by atoms with Crippen LogP contribution in [0.4, 0.5) is 11.5 Å². The highest BCUT2D eigenvalue weighted by molar-refractivity contribution is 6.39. The summed E-state index contributed by atoms with van der Waals surface area (Å²) in [5, 5.41) is 2.60. The van der Waals surface area contributed by atoms with E-state index in [4.69, 9.17) is 0 Å². The number of piperazine rings is 1. The zero-order valence-electron chi connectivity index (χ0n) is 13.6. The van der Waals surface area contributed by atoms with E-state index < -0.39 is 11.8 Å². The normalized spacial score (nSPS) is 14.4. The second kappa shape index (κ2) is 7.12. The first-order valence-electron chi connectivity index (χ1n) is 7.97. The third-order valence-corrected chi connectivity index (χ3v) is 4.12. The molecule has 0 radical (unpaired) electrons. The molecule has 6 nitrogen and oxygen atoms in total. The van der Waals surface area contributed by atoms with Gasteiger partial charge in [0, 0.05) is 38.1 Å². The Labute approximate surface area is 141 Å². The van der Waals surface area contributed by atoms with Gasteiger partial charge in [-0.05, 0) is 30.7 Å². The van der Waals surface area contributed by atoms with Gasteiger partial charge in [-0.1, -0.05) is 24.3 Å². The lowest BCUT2D eigenvalue weighted by atomic mass is 10.2. The number of pyridine rings is 1. The summed E-state index contributed by atoms with van der Waals surface area (Å²) in [6, 6.07) is 13.7. The van der Waals surface area contributed by atoms with Crippen LogP contribution in [0.3, 0.4) is 0 Å². The topological polar surface area (TPSA) is 65.5 Å². The van der Waals surface area contributed by atoms with Crippen LogP contribution < -0.4 is 10.2 Å². The molecule has 2 amide bonds. The van der Waals surface area contributed by atoms with E-state index in [1.165, 1.54) is 0 Å². The number of nitrogens with zero attached hydrogens (tertiary/aromatic N) is 3. The Morgan fingerprint density at radius 3 is 2.38 bits per heavy atom. The molecule has 1 saturated heterocycles. The molecule has 1 aromatic heterocycles. The van der Waals surface area contributed by atoms with Crippen molar-refractivity contribution in [3.63, 3.8) is 0 Å². The van der Waals surface area contributed by atoms with Crippen molar-refractivity contribution in [3.8, 4) is 0 Å². The number of hydrogen-bond donors (Lipinski definition) is 1. The Morgan fingerprint density at radius 2 is 1.71 bits per heavy atom. The van der Waals surface area contributed by atoms with Crippen molar-refractivity contribution in [1.82, 2.24) is 9.88 Å². The number of carbonyl (C=O) groups excluding carboxylic acids is 2. The summed E-state index contributed by atoms with van der Waals surface area (Å²) in [5.41, 5.74) is 1.96. The lowest BCUT2D eigenvalue weighted by Gasteiger charge is -2.35. The lowest BCUT2D eigenvalue weighted by molar-refractivity contribution is -0.143. The first kappa shape index (κ1) is 16.0. The van der Waals surface area contributed by atoms with Crippen molar-refractivity contribution in [3.05, 3.63) is 54.2 Å². The standard InChI is InChI=1S/C18H20N4O2/c1-14-6-5-9-19-16(14)20-17(23)18(24)22-12-10-21(11-13-22)15-7-3-2-4-8-15/h2-9H,10-13H2,1H3,(H,19,20,23). The molecule has 3 rings (SSSR count). The Hall–Kier alpha value is -2.89. The van der Waals surface area contributed by atoms with E-state index in [-0.39, 0.29) is 0 Å². The van der Waals surface area contributed by atoms with E-state index >= 15 is 0 Å². The molecule has 1 N–H and O–H groups in total. The number of hydrogen-bond acceptors (Lipinski definition) is 4. The molecule has 0 saturated carbocycles. The number of carbonyl (C=O) groups is 2. The summed E-state index contributed by atoms with van der Waals surface area (Å²) in [4.78, 5) is 32.4. The molecule has 1 aliphatic rings. The van der Waals surface area contributed by atoms with E-state index in [1.807, 2.05) is 43.3 Å². The van der Waals surface area contributed by atoms with Gasteiger partial charge >= 0.3 is 11.8 Å². The SMILES string of the molecule is Cc1cccnc1NC(=O)C(=O)N1CCN(c2ccccc2)CC1. The molecule has 2 heterocycles. The van der Waals surface area contributed by atoms with E-state index in [1.54, 1.807) is 17.2 Å². The first-order chi connectivity index (χ1) is 11.6. The van der Waals surface area contributed by atoms with Crippen LogP contribution in [-0.4, -0.2) is 47.9 Å². The Bertz CT molecular complexity index is 725. The quantitative estimate of drug-likeness (QED) is 0.854. The average molecular weight is 324 g/mol. The molecule has 1 aromatic carbocycles. The number of para-hydroxylation sites is 1. The molecule has 0 unspecified atom stereocenters. The van der Waals surface area contributed by atoms with Gasteiger partial charge in [0.1, 0.15) is 5.82 Å². The van der Waals surface area contributed by atoms with Crippen LogP contribution in [0.5, 0.6) is 0 Å². The predicted molar refractivity (Wildman–Crippen MR) is 92.8 cm³/mol. The molecule has 6 heteroatoms. The summed E-state index contributed by atoms with van der Waals surface area (Å²) in [7, 11) is 0. The van der Waals surface area contributed by atoms with Crippen LogP contribution in [0.15, 0.2) is 48.7 Å². The summed E-state index contributed by atoms with van der Waals surface area (Å²) in [5.74, 6) is -0.712. The second-order valence-corrected chi connectivity index (χ2v) is 5.74. The van der Waals surface area contributed by atoms with E-state index in [0.717, 1.165) is 11.3 Å². The number of aromatic nitrogens is 1. The van der Waals surface area contributed by atoms with Crippen molar-refractivity contribution < 1.29 is 9.59 Å². The summed E-state index contributed by atoms with van der Waals surface area (Å²) >= 11 is 0. The number of rotatable bonds is 2. The number of benzene rings is 1. The minimum absolute atomic E-state index is 0.429. The molecule has 0 aliphatic carbocycles. The van der Waals surface area contributed by atoms with Crippen molar-refractivity contribution >= 4 is 23.3 Å². The third-order valence-electron chi connectivity index (χ3n) is 4.12. The van der Waals surface area contributed by atoms with Gasteiger partial charge in [0.2, 0.25) is 0 Å². The fourth-order valence-electron chi connectivity index (χ4n) is 2.73. The minimum atomic E-state index is -0.634. The summed E-state index contributed by atoms with van der Waals surface area (Å²) < 4.78 is 0. The minimum Gasteiger partial charge on any atom is -0.368 e. The molecule has 1 fully saturated rings. The lowest BCUT2D eigenvalue weighted by Crippen LogP contribution is -2.51. The molecule has 0 spiro atoms. The molecule has 0 atom stereocenters. The predicted octanol–water partition coefficient (Wildman–Crippen LogP) is 1.68. The molecule has 0 bridgehead atoms. The smallest absolute Gasteiger partial charge is 0.315 e. The maximum Gasteiger partial charge on any atom is 0.315 e. The molecule has 124 valence electrons. The number of anilines is 2. The fraction of sp³-hybridized carbons (Fsp3) is 0.278. The zero-order valence-corrected chi connectivity index (χ0v) is 13.6. The second-order valence-electron chi connectivity index (χ2n) is 5.74. The van der Waals surface area contributed by atoms with Crippen LogP contribution in [0.1, 0.15) is 5.56 Å². The van der Waals surface area contributed by atoms with E-state index in [2.05, 4.69) is 15.2 Å². The van der Waals surface area contributed by atoms with Gasteiger partial charge < -0.3 is 15.1 Å². The average Bonchev–Trinajstić information content (AvgIpc) is 2.64. The first-order valence-corrected chi connectivity index (χ1v) is 7.97. The van der Waals surface area contributed by atoms with Crippen LogP contribution in [0.25, 0.3) is 0 Å². The van der Waals surface area contributed by atoms with Gasteiger partial charge in [0.25, 0.3) is 0 Å². The highest BCUT2D eigenvalue weighted by Gasteiger charge is 2.26. The molecule has 1 aliphatic heterocycles. The fourth-order valence-corrected chi connectivity index (χ4v) is 2.73. The van der Waals surface area contributed by atoms with Crippen LogP contribution in [0, 0.1) is 6.92 Å². The third kappa shape index (κ3) is 3.53. The monoisotopic (exact) mass is 324 g/mol. The van der Waals surface area contributed by atoms with Gasteiger partial charge in [-0.2, -0.15) is 0 Å². The largest absolute Gasteiger partial charge is 0.368 e. The van der Waals surface area contributed by atoms with E-state index in [9.17, 15) is 9.59 Å². The van der Waals surface area contributed by atoms with Crippen LogP contribution in [-0.2, 0) is 9.59 Å². The van der Waals surface area contributed by atoms with E-state index in [0.29, 0.717) is 32.0 Å². The highest BCUT2D eigenvalue weighted by Crippen LogP contribution is 2.16. The summed E-state index contributed by atoms with van der Waals surface area (Å²) in [6.07, 6.45) is 1.59. The summed E-state index contributed by atoms with van der Waals surface area (Å²) in [6.45, 7) is 4.33. The highest BCUT2D eigenvalue weighted by atomic mass is 16.2. The van der Waals surface area contributed by atoms with Crippen molar-refractivity contribution in [2.75, 3.05) is 36.4 Å². The van der Waals surface area contributed by atoms with Gasteiger partial charge in [-0.25, -0.2) is 4.98 Å². The van der Waals surface area contributed by atoms with Crippen LogP contribution in [0.2, 0.25) is 0 Å². The maximum atomic E-state index is 12.3. The van der Waals surface area contributed by atoms with Gasteiger partial charge in [-0.15, -0.1) is 0 Å². The number of amides is 2. The Balaban J connectivity index is 1.57. The van der Waals surface area contributed by atoms with Crippen LogP contribution >= 0.6 is 0 Å². The Kier molecular flexibility index (Phi) is 4.74. The molecular formula is C18H20N4O2. The molecule has 2 aromatic rings. The maximum absolute atomic E-state index is 12.3. The van der Waals surface area contributed by atoms with Gasteiger partial charge in [-0.3, -0.25) is 9.59 Å². The van der Waals surface area contributed by atoms with Crippen molar-refractivity contribution in [2.24, 2.45) is 0 Å². The van der Waals surface area contributed by atoms with Crippen molar-refractivity contribution in [2.45, 2.75) is 6.92 Å². The van der Waals surface area contributed by atoms with Gasteiger partial charge in [0.05, 0.1) is 0 Å². The molecular weight excluding hydrogens is 304 g/mol. The van der Waals surface area contributed by atoms with Gasteiger partial charge in [0.15, 0.2) is 0 Å². The van der Waals surface area contributed by atoms with Crippen molar-refractivity contribution in [1.29, 1.82) is 0 Å². The Morgan fingerprint density at radius 1 is 1.00 bits per heavy atom. The number of aryl methyl sites for hydroxylation is 1.